The van der Waals surface area contributed by atoms with Crippen LogP contribution in [-0.2, 0) is 14.9 Å². The number of benzene rings is 2. The summed E-state index contributed by atoms with van der Waals surface area (Å²) in [4.78, 5) is 12.8. The van der Waals surface area contributed by atoms with Gasteiger partial charge in [-0.1, -0.05) is 73.3 Å². The topological polar surface area (TPSA) is 26.3 Å². The lowest BCUT2D eigenvalue weighted by Gasteiger charge is -2.38. The number of esters is 1. The number of carbonyl (C=O) groups excluding carboxylic acids is 1. The van der Waals surface area contributed by atoms with E-state index < -0.39 is 5.41 Å². The molecule has 0 spiro atoms. The second-order valence-electron chi connectivity index (χ2n) is 5.36. The summed E-state index contributed by atoms with van der Waals surface area (Å²) in [5.74, 6) is -0.184. The van der Waals surface area contributed by atoms with Crippen LogP contribution in [0.1, 0.15) is 24.0 Å². The fourth-order valence-electron chi connectivity index (χ4n) is 3.06. The summed E-state index contributed by atoms with van der Waals surface area (Å²) in [7, 11) is 0. The highest BCUT2D eigenvalue weighted by Crippen LogP contribution is 2.42. The van der Waals surface area contributed by atoms with E-state index in [2.05, 4.69) is 6.58 Å². The van der Waals surface area contributed by atoms with Crippen LogP contribution in [0.5, 0.6) is 0 Å². The normalized spacial score (nSPS) is 20.6. The summed E-state index contributed by atoms with van der Waals surface area (Å²) in [6.45, 7) is 3.73. The van der Waals surface area contributed by atoms with Gasteiger partial charge in [0.2, 0.25) is 0 Å². The molecule has 2 aromatic rings. The quantitative estimate of drug-likeness (QED) is 0.629. The minimum atomic E-state index is -0.706. The maximum atomic E-state index is 12.8. The number of ether oxygens (including phenoxy) is 1. The molecule has 106 valence electrons. The molecular formula is C19H18O2. The highest BCUT2D eigenvalue weighted by atomic mass is 16.5. The largest absolute Gasteiger partial charge is 0.457 e. The van der Waals surface area contributed by atoms with Gasteiger partial charge in [-0.25, -0.2) is 0 Å². The molecule has 1 saturated heterocycles. The van der Waals surface area contributed by atoms with Gasteiger partial charge in [0.25, 0.3) is 0 Å². The zero-order valence-corrected chi connectivity index (χ0v) is 11.9. The van der Waals surface area contributed by atoms with E-state index in [1.807, 2.05) is 60.7 Å². The Morgan fingerprint density at radius 1 is 1.00 bits per heavy atom. The van der Waals surface area contributed by atoms with Crippen molar-refractivity contribution in [3.8, 4) is 0 Å². The van der Waals surface area contributed by atoms with E-state index >= 15 is 0 Å². The molecule has 0 saturated carbocycles. The van der Waals surface area contributed by atoms with Gasteiger partial charge in [-0.2, -0.15) is 0 Å². The van der Waals surface area contributed by atoms with Crippen molar-refractivity contribution in [1.82, 2.24) is 0 Å². The molecule has 1 atom stereocenters. The van der Waals surface area contributed by atoms with E-state index in [9.17, 15) is 4.79 Å². The van der Waals surface area contributed by atoms with Crippen LogP contribution in [0.2, 0.25) is 0 Å². The molecule has 2 heteroatoms. The first-order valence-corrected chi connectivity index (χ1v) is 7.22. The predicted molar refractivity (Wildman–Crippen MR) is 83.0 cm³/mol. The van der Waals surface area contributed by atoms with Gasteiger partial charge in [0.1, 0.15) is 11.5 Å². The number of rotatable bonds is 3. The zero-order chi connectivity index (χ0) is 14.7. The number of hydrogen-bond acceptors (Lipinski definition) is 2. The Morgan fingerprint density at radius 3 is 1.95 bits per heavy atom. The SMILES string of the molecule is C=CC1CCC(c2ccccc2)(c2ccccc2)C(=O)O1. The molecule has 1 aliphatic rings. The molecule has 0 N–H and O–H groups in total. The molecule has 0 amide bonds. The molecule has 2 nitrogen and oxygen atoms in total. The molecule has 0 bridgehead atoms. The molecule has 0 aliphatic carbocycles. The first-order valence-electron chi connectivity index (χ1n) is 7.22. The van der Waals surface area contributed by atoms with Gasteiger partial charge in [-0.15, -0.1) is 0 Å². The molecule has 0 aromatic heterocycles. The highest BCUT2D eigenvalue weighted by Gasteiger charge is 2.47. The predicted octanol–water partition coefficient (Wildman–Crippen LogP) is 3.86. The molecule has 3 rings (SSSR count). The Labute approximate surface area is 125 Å². The summed E-state index contributed by atoms with van der Waals surface area (Å²) in [5, 5.41) is 0. The lowest BCUT2D eigenvalue weighted by atomic mass is 9.69. The molecule has 0 radical (unpaired) electrons. The van der Waals surface area contributed by atoms with Crippen molar-refractivity contribution in [1.29, 1.82) is 0 Å². The lowest BCUT2D eigenvalue weighted by molar-refractivity contribution is -0.157. The molecule has 1 aliphatic heterocycles. The highest BCUT2D eigenvalue weighted by molar-refractivity contribution is 5.88. The van der Waals surface area contributed by atoms with Crippen LogP contribution in [0.15, 0.2) is 73.3 Å². The van der Waals surface area contributed by atoms with Gasteiger partial charge in [0.15, 0.2) is 0 Å². The van der Waals surface area contributed by atoms with Crippen LogP contribution in [0.3, 0.4) is 0 Å². The van der Waals surface area contributed by atoms with Gasteiger partial charge < -0.3 is 4.74 Å². The van der Waals surface area contributed by atoms with Crippen LogP contribution in [0.25, 0.3) is 0 Å². The first-order chi connectivity index (χ1) is 10.3. The van der Waals surface area contributed by atoms with Gasteiger partial charge >= 0.3 is 5.97 Å². The van der Waals surface area contributed by atoms with Crippen LogP contribution < -0.4 is 0 Å². The summed E-state index contributed by atoms with van der Waals surface area (Å²) in [6.07, 6.45) is 3.05. The smallest absolute Gasteiger partial charge is 0.321 e. The molecule has 1 fully saturated rings. The van der Waals surface area contributed by atoms with Crippen LogP contribution >= 0.6 is 0 Å². The maximum absolute atomic E-state index is 12.8. The van der Waals surface area contributed by atoms with Gasteiger partial charge in [0, 0.05) is 0 Å². The standard InChI is InChI=1S/C19H18O2/c1-2-17-13-14-19(18(20)21-17,15-9-5-3-6-10-15)16-11-7-4-8-12-16/h2-12,17H,1,13-14H2. The van der Waals surface area contributed by atoms with Crippen molar-refractivity contribution >= 4 is 5.97 Å². The number of carbonyl (C=O) groups is 1. The van der Waals surface area contributed by atoms with E-state index in [4.69, 9.17) is 4.74 Å². The van der Waals surface area contributed by atoms with E-state index in [0.29, 0.717) is 0 Å². The van der Waals surface area contributed by atoms with E-state index in [0.717, 1.165) is 24.0 Å². The average Bonchev–Trinajstić information content (AvgIpc) is 2.56. The Kier molecular flexibility index (Phi) is 3.61. The second-order valence-corrected chi connectivity index (χ2v) is 5.36. The number of hydrogen-bond donors (Lipinski definition) is 0. The number of cyclic esters (lactones) is 1. The van der Waals surface area contributed by atoms with Crippen molar-refractivity contribution in [2.45, 2.75) is 24.4 Å². The van der Waals surface area contributed by atoms with Gasteiger partial charge in [-0.3, -0.25) is 4.79 Å². The Bertz CT molecular complexity index is 592. The summed E-state index contributed by atoms with van der Waals surface area (Å²) < 4.78 is 5.60. The molecule has 1 heterocycles. The summed E-state index contributed by atoms with van der Waals surface area (Å²) in [5.41, 5.74) is 1.27. The fourth-order valence-corrected chi connectivity index (χ4v) is 3.06. The van der Waals surface area contributed by atoms with Gasteiger partial charge in [-0.05, 0) is 24.0 Å². The third-order valence-corrected chi connectivity index (χ3v) is 4.21. The van der Waals surface area contributed by atoms with E-state index in [1.165, 1.54) is 0 Å². The third-order valence-electron chi connectivity index (χ3n) is 4.21. The fraction of sp³-hybridized carbons (Fsp3) is 0.211. The summed E-state index contributed by atoms with van der Waals surface area (Å²) in [6, 6.07) is 19.8. The Morgan fingerprint density at radius 2 is 1.52 bits per heavy atom. The average molecular weight is 278 g/mol. The molecule has 21 heavy (non-hydrogen) atoms. The lowest BCUT2D eigenvalue weighted by Crippen LogP contribution is -2.45. The molecular weight excluding hydrogens is 260 g/mol. The van der Waals surface area contributed by atoms with Crippen molar-refractivity contribution in [3.63, 3.8) is 0 Å². The van der Waals surface area contributed by atoms with E-state index in [-0.39, 0.29) is 12.1 Å². The molecule has 1 unspecified atom stereocenters. The van der Waals surface area contributed by atoms with Crippen LogP contribution in [0.4, 0.5) is 0 Å². The monoisotopic (exact) mass is 278 g/mol. The van der Waals surface area contributed by atoms with Crippen molar-refractivity contribution in [2.24, 2.45) is 0 Å². The third kappa shape index (κ3) is 2.27. The Hall–Kier alpha value is -2.35. The Balaban J connectivity index is 2.13. The summed E-state index contributed by atoms with van der Waals surface area (Å²) >= 11 is 0. The molecule has 2 aromatic carbocycles. The van der Waals surface area contributed by atoms with Crippen molar-refractivity contribution < 1.29 is 9.53 Å². The van der Waals surface area contributed by atoms with Crippen LogP contribution in [-0.4, -0.2) is 12.1 Å². The first kappa shape index (κ1) is 13.6. The van der Waals surface area contributed by atoms with E-state index in [1.54, 1.807) is 6.08 Å². The van der Waals surface area contributed by atoms with Crippen molar-refractivity contribution in [2.75, 3.05) is 0 Å². The van der Waals surface area contributed by atoms with Crippen LogP contribution in [0, 0.1) is 0 Å². The van der Waals surface area contributed by atoms with Crippen molar-refractivity contribution in [3.05, 3.63) is 84.4 Å². The zero-order valence-electron chi connectivity index (χ0n) is 11.9. The van der Waals surface area contributed by atoms with Gasteiger partial charge in [0.05, 0.1) is 0 Å². The minimum Gasteiger partial charge on any atom is -0.457 e. The minimum absolute atomic E-state index is 0.182. The maximum Gasteiger partial charge on any atom is 0.321 e. The second kappa shape index (κ2) is 5.57.